The molecule has 7 heteroatoms. The maximum atomic E-state index is 12.5. The molecule has 0 fully saturated rings. The highest BCUT2D eigenvalue weighted by Gasteiger charge is 2.11. The van der Waals surface area contributed by atoms with Crippen molar-refractivity contribution in [3.63, 3.8) is 0 Å². The Morgan fingerprint density at radius 2 is 1.82 bits per heavy atom. The van der Waals surface area contributed by atoms with E-state index in [1.54, 1.807) is 12.3 Å². The third-order valence-corrected chi connectivity index (χ3v) is 4.46. The van der Waals surface area contributed by atoms with E-state index in [-0.39, 0.29) is 11.6 Å². The molecule has 0 radical (unpaired) electrons. The fourth-order valence-electron chi connectivity index (χ4n) is 2.77. The number of aryl methyl sites for hydroxylation is 1. The molecule has 6 nitrogen and oxygen atoms in total. The van der Waals surface area contributed by atoms with Crippen LogP contribution >= 0.6 is 11.6 Å². The second kappa shape index (κ2) is 7.62. The minimum atomic E-state index is -0.351. The number of pyridine rings is 1. The van der Waals surface area contributed by atoms with E-state index in [1.165, 1.54) is 12.4 Å². The van der Waals surface area contributed by atoms with Crippen LogP contribution in [0.15, 0.2) is 67.1 Å². The van der Waals surface area contributed by atoms with Crippen LogP contribution in [0.2, 0.25) is 5.02 Å². The van der Waals surface area contributed by atoms with Gasteiger partial charge in [-0.05, 0) is 36.8 Å². The molecule has 0 aliphatic heterocycles. The topological polar surface area (TPSA) is 79.8 Å². The van der Waals surface area contributed by atoms with Crippen LogP contribution in [-0.2, 0) is 0 Å². The van der Waals surface area contributed by atoms with Gasteiger partial charge in [0.1, 0.15) is 11.5 Å². The summed E-state index contributed by atoms with van der Waals surface area (Å²) in [5.74, 6) is 0.171. The second-order valence-corrected chi connectivity index (χ2v) is 6.64. The van der Waals surface area contributed by atoms with Crippen molar-refractivity contribution >= 4 is 45.6 Å². The number of nitrogens with one attached hydrogen (secondary N) is 2. The number of aromatic nitrogens is 3. The van der Waals surface area contributed by atoms with E-state index in [1.807, 2.05) is 49.4 Å². The number of carbonyl (C=O) groups is 1. The van der Waals surface area contributed by atoms with E-state index in [0.717, 1.165) is 22.2 Å². The molecule has 0 aliphatic rings. The minimum Gasteiger partial charge on any atom is -0.339 e. The third kappa shape index (κ3) is 3.77. The van der Waals surface area contributed by atoms with Crippen molar-refractivity contribution in [3.05, 3.63) is 83.4 Å². The van der Waals surface area contributed by atoms with Crippen molar-refractivity contribution in [1.29, 1.82) is 0 Å². The summed E-state index contributed by atoms with van der Waals surface area (Å²) in [5, 5.41) is 7.57. The number of benzene rings is 2. The predicted molar refractivity (Wildman–Crippen MR) is 111 cm³/mol. The molecule has 0 spiro atoms. The highest BCUT2D eigenvalue weighted by Crippen LogP contribution is 2.23. The van der Waals surface area contributed by atoms with Crippen LogP contribution in [0, 0.1) is 6.92 Å². The molecule has 0 atom stereocenters. The first-order valence-electron chi connectivity index (χ1n) is 8.60. The van der Waals surface area contributed by atoms with Gasteiger partial charge in [-0.25, -0.2) is 9.97 Å². The van der Waals surface area contributed by atoms with Crippen LogP contribution < -0.4 is 10.6 Å². The zero-order valence-electron chi connectivity index (χ0n) is 15.0. The lowest BCUT2D eigenvalue weighted by molar-refractivity contribution is 0.102. The number of anilines is 3. The van der Waals surface area contributed by atoms with Gasteiger partial charge >= 0.3 is 0 Å². The van der Waals surface area contributed by atoms with Crippen LogP contribution in [-0.4, -0.2) is 20.9 Å². The smallest absolute Gasteiger partial charge is 0.275 e. The first kappa shape index (κ1) is 17.9. The molecule has 2 aromatic carbocycles. The molecule has 2 N–H and O–H groups in total. The van der Waals surface area contributed by atoms with E-state index < -0.39 is 0 Å². The van der Waals surface area contributed by atoms with E-state index in [9.17, 15) is 4.79 Å². The molecule has 1 amide bonds. The van der Waals surface area contributed by atoms with Crippen molar-refractivity contribution in [2.75, 3.05) is 10.6 Å². The zero-order chi connectivity index (χ0) is 19.5. The molecule has 0 saturated carbocycles. The number of para-hydroxylation sites is 1. The Morgan fingerprint density at radius 3 is 2.64 bits per heavy atom. The average Bonchev–Trinajstić information content (AvgIpc) is 2.71. The molecule has 138 valence electrons. The molecule has 2 heterocycles. The van der Waals surface area contributed by atoms with Crippen molar-refractivity contribution in [2.24, 2.45) is 0 Å². The first-order chi connectivity index (χ1) is 13.6. The Kier molecular flexibility index (Phi) is 4.87. The normalized spacial score (nSPS) is 10.6. The van der Waals surface area contributed by atoms with E-state index in [0.29, 0.717) is 16.5 Å². The summed E-state index contributed by atoms with van der Waals surface area (Å²) in [6.45, 7) is 1.96. The summed E-state index contributed by atoms with van der Waals surface area (Å²) >= 11 is 6.03. The molecule has 0 saturated heterocycles. The number of rotatable bonds is 4. The van der Waals surface area contributed by atoms with Gasteiger partial charge in [-0.15, -0.1) is 0 Å². The first-order valence-corrected chi connectivity index (χ1v) is 8.98. The molecule has 28 heavy (non-hydrogen) atoms. The van der Waals surface area contributed by atoms with Crippen LogP contribution in [0.4, 0.5) is 17.2 Å². The van der Waals surface area contributed by atoms with Crippen LogP contribution in [0.25, 0.3) is 10.9 Å². The number of hydrogen-bond donors (Lipinski definition) is 2. The van der Waals surface area contributed by atoms with Crippen molar-refractivity contribution in [1.82, 2.24) is 15.0 Å². The summed E-state index contributed by atoms with van der Waals surface area (Å²) in [5.41, 5.74) is 3.42. The van der Waals surface area contributed by atoms with Gasteiger partial charge in [0, 0.05) is 22.3 Å². The number of carbonyl (C=O) groups excluding carboxylic acids is 1. The lowest BCUT2D eigenvalue weighted by atomic mass is 10.2. The maximum Gasteiger partial charge on any atom is 0.275 e. The number of halogens is 1. The Bertz CT molecular complexity index is 1160. The van der Waals surface area contributed by atoms with Crippen LogP contribution in [0.1, 0.15) is 16.1 Å². The number of nitrogens with zero attached hydrogens (tertiary/aromatic N) is 3. The lowest BCUT2D eigenvalue weighted by Crippen LogP contribution is -2.14. The summed E-state index contributed by atoms with van der Waals surface area (Å²) in [6.07, 6.45) is 4.63. The van der Waals surface area contributed by atoms with Gasteiger partial charge in [0.2, 0.25) is 0 Å². The van der Waals surface area contributed by atoms with Gasteiger partial charge in [0.25, 0.3) is 5.91 Å². The Labute approximate surface area is 166 Å². The second-order valence-electron chi connectivity index (χ2n) is 6.21. The summed E-state index contributed by atoms with van der Waals surface area (Å²) in [4.78, 5) is 25.4. The Hall–Kier alpha value is -3.51. The fourth-order valence-corrected chi connectivity index (χ4v) is 2.94. The van der Waals surface area contributed by atoms with Gasteiger partial charge < -0.3 is 10.6 Å². The molecular weight excluding hydrogens is 374 g/mol. The third-order valence-electron chi connectivity index (χ3n) is 4.23. The van der Waals surface area contributed by atoms with Gasteiger partial charge in [-0.2, -0.15) is 0 Å². The Balaban J connectivity index is 1.52. The number of fused-ring (bicyclic) bond motifs is 1. The highest BCUT2D eigenvalue weighted by atomic mass is 35.5. The highest BCUT2D eigenvalue weighted by molar-refractivity contribution is 6.30. The fraction of sp³-hybridized carbons (Fsp3) is 0.0476. The Morgan fingerprint density at radius 1 is 0.964 bits per heavy atom. The molecule has 0 bridgehead atoms. The van der Waals surface area contributed by atoms with Crippen LogP contribution in [0.5, 0.6) is 0 Å². The van der Waals surface area contributed by atoms with E-state index in [4.69, 9.17) is 11.6 Å². The predicted octanol–water partition coefficient (Wildman–Crippen LogP) is 4.98. The quantitative estimate of drug-likeness (QED) is 0.514. The van der Waals surface area contributed by atoms with Gasteiger partial charge in [-0.3, -0.25) is 9.78 Å². The summed E-state index contributed by atoms with van der Waals surface area (Å²) in [6, 6.07) is 15.0. The monoisotopic (exact) mass is 389 g/mol. The number of hydrogen-bond acceptors (Lipinski definition) is 5. The standard InChI is InChI=1S/C21H16ClN5O/c1-13-7-8-15(22)10-17(13)26-19-12-24-18(11-25-19)21(28)27-16-6-2-4-14-5-3-9-23-20(14)16/h2-12H,1H3,(H,25,26)(H,27,28). The summed E-state index contributed by atoms with van der Waals surface area (Å²) in [7, 11) is 0. The van der Waals surface area contributed by atoms with E-state index in [2.05, 4.69) is 25.6 Å². The minimum absolute atomic E-state index is 0.210. The molecular formula is C21H16ClN5O. The lowest BCUT2D eigenvalue weighted by Gasteiger charge is -2.10. The largest absolute Gasteiger partial charge is 0.339 e. The van der Waals surface area contributed by atoms with Gasteiger partial charge in [0.15, 0.2) is 0 Å². The molecule has 2 aromatic heterocycles. The van der Waals surface area contributed by atoms with Crippen molar-refractivity contribution in [2.45, 2.75) is 6.92 Å². The SMILES string of the molecule is Cc1ccc(Cl)cc1Nc1cnc(C(=O)Nc2cccc3cccnc23)cn1. The molecule has 4 aromatic rings. The van der Waals surface area contributed by atoms with Crippen molar-refractivity contribution in [3.8, 4) is 0 Å². The maximum absolute atomic E-state index is 12.5. The molecule has 4 rings (SSSR count). The number of amides is 1. The van der Waals surface area contributed by atoms with Gasteiger partial charge in [-0.1, -0.05) is 35.9 Å². The average molecular weight is 390 g/mol. The zero-order valence-corrected chi connectivity index (χ0v) is 15.7. The molecule has 0 aliphatic carbocycles. The van der Waals surface area contributed by atoms with E-state index >= 15 is 0 Å². The van der Waals surface area contributed by atoms with Gasteiger partial charge in [0.05, 0.1) is 23.6 Å². The molecule has 0 unspecified atom stereocenters. The van der Waals surface area contributed by atoms with Crippen molar-refractivity contribution < 1.29 is 4.79 Å². The summed E-state index contributed by atoms with van der Waals surface area (Å²) < 4.78 is 0. The van der Waals surface area contributed by atoms with Crippen LogP contribution in [0.3, 0.4) is 0 Å².